The first-order valence-corrected chi connectivity index (χ1v) is 8.63. The van der Waals surface area contributed by atoms with Crippen molar-refractivity contribution in [3.63, 3.8) is 0 Å². The van der Waals surface area contributed by atoms with E-state index in [1.165, 1.54) is 0 Å². The zero-order chi connectivity index (χ0) is 17.0. The zero-order valence-electron chi connectivity index (χ0n) is 14.1. The van der Waals surface area contributed by atoms with Gasteiger partial charge in [0.05, 0.1) is 24.2 Å². The van der Waals surface area contributed by atoms with Gasteiger partial charge in [0.15, 0.2) is 11.5 Å². The molecule has 2 fully saturated rings. The smallest absolute Gasteiger partial charge is 0.160 e. The Kier molecular flexibility index (Phi) is 3.27. The molecule has 0 unspecified atom stereocenters. The van der Waals surface area contributed by atoms with Crippen LogP contribution < -0.4 is 4.90 Å². The summed E-state index contributed by atoms with van der Waals surface area (Å²) in [7, 11) is 2.11. The van der Waals surface area contributed by atoms with Crippen molar-refractivity contribution in [3.05, 3.63) is 24.7 Å². The number of hydrogen-bond donors (Lipinski definition) is 1. The number of halogens is 1. The van der Waals surface area contributed by atoms with E-state index in [-0.39, 0.29) is 0 Å². The van der Waals surface area contributed by atoms with Gasteiger partial charge in [0.1, 0.15) is 6.17 Å². The number of rotatable bonds is 3. The first-order valence-electron chi connectivity index (χ1n) is 8.63. The molecular weight excluding hydrogens is 321 g/mol. The molecule has 130 valence electrons. The van der Waals surface area contributed by atoms with E-state index < -0.39 is 6.17 Å². The highest BCUT2D eigenvalue weighted by atomic mass is 19.1. The van der Waals surface area contributed by atoms with Gasteiger partial charge in [0, 0.05) is 43.2 Å². The van der Waals surface area contributed by atoms with Crippen molar-refractivity contribution in [3.8, 4) is 11.1 Å². The van der Waals surface area contributed by atoms with Gasteiger partial charge < -0.3 is 9.80 Å². The van der Waals surface area contributed by atoms with E-state index in [1.807, 2.05) is 22.0 Å². The minimum absolute atomic E-state index is 0.400. The molecule has 2 aliphatic heterocycles. The van der Waals surface area contributed by atoms with Crippen LogP contribution in [0.25, 0.3) is 22.2 Å². The van der Waals surface area contributed by atoms with Gasteiger partial charge in [-0.3, -0.25) is 9.78 Å². The average molecular weight is 341 g/mol. The lowest BCUT2D eigenvalue weighted by molar-refractivity contribution is 0.130. The molecule has 2 saturated heterocycles. The lowest BCUT2D eigenvalue weighted by Crippen LogP contribution is -2.45. The summed E-state index contributed by atoms with van der Waals surface area (Å²) < 4.78 is 15.6. The van der Waals surface area contributed by atoms with Gasteiger partial charge in [-0.15, -0.1) is 0 Å². The molecule has 25 heavy (non-hydrogen) atoms. The van der Waals surface area contributed by atoms with E-state index >= 15 is 0 Å². The molecule has 0 saturated carbocycles. The number of anilines is 1. The summed E-state index contributed by atoms with van der Waals surface area (Å²) in [6, 6.07) is 2.52. The number of hydrogen-bond acceptors (Lipinski definition) is 5. The van der Waals surface area contributed by atoms with Crippen LogP contribution in [0, 0.1) is 0 Å². The Hall–Kier alpha value is -2.48. The summed E-state index contributed by atoms with van der Waals surface area (Å²) in [6.07, 6.45) is 5.58. The number of pyridine rings is 1. The summed E-state index contributed by atoms with van der Waals surface area (Å²) in [5.41, 5.74) is 2.78. The lowest BCUT2D eigenvalue weighted by atomic mass is 10.1. The Balaban J connectivity index is 1.48. The van der Waals surface area contributed by atoms with Gasteiger partial charge in [0.25, 0.3) is 0 Å². The van der Waals surface area contributed by atoms with Gasteiger partial charge in [-0.2, -0.15) is 10.2 Å². The Bertz CT molecular complexity index is 911. The molecule has 3 aromatic heterocycles. The molecule has 0 bridgehead atoms. The van der Waals surface area contributed by atoms with Crippen molar-refractivity contribution in [2.75, 3.05) is 38.1 Å². The molecule has 5 heterocycles. The number of likely N-dealkylation sites (tertiary alicyclic amines) is 1. The van der Waals surface area contributed by atoms with E-state index in [4.69, 9.17) is 0 Å². The molecule has 8 heteroatoms. The number of likely N-dealkylation sites (N-methyl/N-ethyl adjacent to an activating group) is 1. The maximum Gasteiger partial charge on any atom is 0.160 e. The Morgan fingerprint density at radius 2 is 2.08 bits per heavy atom. The van der Waals surface area contributed by atoms with Crippen molar-refractivity contribution in [2.24, 2.45) is 0 Å². The van der Waals surface area contributed by atoms with Crippen LogP contribution in [-0.4, -0.2) is 69.3 Å². The molecule has 3 aromatic rings. The summed E-state index contributed by atoms with van der Waals surface area (Å²) in [5, 5.41) is 12.7. The fraction of sp³-hybridized carbons (Fsp3) is 0.471. The van der Waals surface area contributed by atoms with Gasteiger partial charge in [-0.05, 0) is 19.5 Å². The Morgan fingerprint density at radius 3 is 2.84 bits per heavy atom. The predicted molar refractivity (Wildman–Crippen MR) is 93.4 cm³/mol. The van der Waals surface area contributed by atoms with E-state index in [1.54, 1.807) is 0 Å². The molecule has 1 N–H and O–H groups in total. The molecule has 0 radical (unpaired) electrons. The number of fused-ring (bicyclic) bond motifs is 1. The van der Waals surface area contributed by atoms with E-state index in [9.17, 15) is 4.39 Å². The highest BCUT2D eigenvalue weighted by Gasteiger charge is 2.27. The number of aromatic amines is 1. The van der Waals surface area contributed by atoms with Crippen molar-refractivity contribution >= 4 is 16.9 Å². The van der Waals surface area contributed by atoms with Crippen LogP contribution >= 0.6 is 0 Å². The van der Waals surface area contributed by atoms with Crippen LogP contribution in [0.4, 0.5) is 10.2 Å². The molecular formula is C17H20FN7. The number of nitrogens with one attached hydrogen (secondary N) is 1. The summed E-state index contributed by atoms with van der Waals surface area (Å²) >= 11 is 0. The van der Waals surface area contributed by atoms with Gasteiger partial charge >= 0.3 is 0 Å². The molecule has 5 rings (SSSR count). The third kappa shape index (κ3) is 2.48. The van der Waals surface area contributed by atoms with Crippen molar-refractivity contribution < 1.29 is 4.39 Å². The van der Waals surface area contributed by atoms with E-state index in [2.05, 4.69) is 44.5 Å². The molecule has 0 aliphatic carbocycles. The van der Waals surface area contributed by atoms with Crippen LogP contribution in [0.2, 0.25) is 0 Å². The van der Waals surface area contributed by atoms with Crippen molar-refractivity contribution in [2.45, 2.75) is 18.6 Å². The fourth-order valence-electron chi connectivity index (χ4n) is 3.72. The topological polar surface area (TPSA) is 65.9 Å². The summed E-state index contributed by atoms with van der Waals surface area (Å²) in [4.78, 5) is 8.74. The fourth-order valence-corrected chi connectivity index (χ4v) is 3.72. The summed E-state index contributed by atoms with van der Waals surface area (Å²) in [6.45, 7) is 3.16. The minimum Gasteiger partial charge on any atom is -0.352 e. The molecule has 2 aliphatic rings. The largest absolute Gasteiger partial charge is 0.352 e. The minimum atomic E-state index is -0.776. The zero-order valence-corrected chi connectivity index (χ0v) is 14.1. The number of nitrogens with zero attached hydrogens (tertiary/aromatic N) is 6. The quantitative estimate of drug-likeness (QED) is 0.788. The van der Waals surface area contributed by atoms with Crippen LogP contribution in [0.15, 0.2) is 24.7 Å². The van der Waals surface area contributed by atoms with E-state index in [0.717, 1.165) is 41.1 Å². The normalized spacial score (nSPS) is 22.0. The van der Waals surface area contributed by atoms with Crippen molar-refractivity contribution in [1.29, 1.82) is 0 Å². The highest BCUT2D eigenvalue weighted by Crippen LogP contribution is 2.30. The number of aromatic nitrogens is 5. The third-order valence-electron chi connectivity index (χ3n) is 5.18. The standard InChI is InChI=1S/C17H20FN7/c1-23-9-14(10-23)25-7-12(6-20-25)11-4-15-16(19-5-11)21-22-17(15)24-3-2-13(18)8-24/h4-7,13-14H,2-3,8-10H2,1H3,(H,19,21,22)/t13-/m0/s1. The van der Waals surface area contributed by atoms with E-state index in [0.29, 0.717) is 25.6 Å². The molecule has 1 atom stereocenters. The SMILES string of the molecule is CN1CC(n2cc(-c3cnc4[nH]nc(N5CC[C@H](F)C5)c4c3)cn2)C1. The second kappa shape index (κ2) is 5.52. The second-order valence-corrected chi connectivity index (χ2v) is 7.08. The maximum atomic E-state index is 13.5. The van der Waals surface area contributed by atoms with Crippen LogP contribution in [-0.2, 0) is 0 Å². The Morgan fingerprint density at radius 1 is 1.20 bits per heavy atom. The Labute approximate surface area is 144 Å². The predicted octanol–water partition coefficient (Wildman–Crippen LogP) is 1.86. The van der Waals surface area contributed by atoms with Gasteiger partial charge in [0.2, 0.25) is 0 Å². The van der Waals surface area contributed by atoms with Crippen molar-refractivity contribution in [1.82, 2.24) is 29.9 Å². The second-order valence-electron chi connectivity index (χ2n) is 7.08. The average Bonchev–Trinajstić information content (AvgIpc) is 3.30. The van der Waals surface area contributed by atoms with Crippen LogP contribution in [0.1, 0.15) is 12.5 Å². The molecule has 0 aromatic carbocycles. The third-order valence-corrected chi connectivity index (χ3v) is 5.18. The molecule has 0 spiro atoms. The first kappa shape index (κ1) is 14.8. The van der Waals surface area contributed by atoms with Crippen LogP contribution in [0.5, 0.6) is 0 Å². The lowest BCUT2D eigenvalue weighted by Gasteiger charge is -2.36. The van der Waals surface area contributed by atoms with Gasteiger partial charge in [-0.25, -0.2) is 9.37 Å². The maximum absolute atomic E-state index is 13.5. The monoisotopic (exact) mass is 341 g/mol. The highest BCUT2D eigenvalue weighted by molar-refractivity contribution is 5.90. The van der Waals surface area contributed by atoms with Gasteiger partial charge in [-0.1, -0.05) is 0 Å². The number of H-pyrrole nitrogens is 1. The summed E-state index contributed by atoms with van der Waals surface area (Å²) in [5.74, 6) is 0.789. The molecule has 0 amide bonds. The number of alkyl halides is 1. The van der Waals surface area contributed by atoms with Crippen LogP contribution in [0.3, 0.4) is 0 Å². The first-order chi connectivity index (χ1) is 12.2. The molecule has 7 nitrogen and oxygen atoms in total.